The minimum atomic E-state index is 1.08. The summed E-state index contributed by atoms with van der Waals surface area (Å²) in [6.07, 6.45) is 2.40. The predicted octanol–water partition coefficient (Wildman–Crippen LogP) is 2.43. The Morgan fingerprint density at radius 2 is 2.00 bits per heavy atom. The molecule has 3 heteroatoms. The summed E-state index contributed by atoms with van der Waals surface area (Å²) in [5, 5.41) is 3.43. The molecule has 0 saturated heterocycles. The van der Waals surface area contributed by atoms with E-state index in [1.165, 1.54) is 36.2 Å². The smallest absolute Gasteiger partial charge is 0.0373 e. The van der Waals surface area contributed by atoms with E-state index >= 15 is 0 Å². The SMILES string of the molecule is CCCN(CCN(C)C)Cc1ccc2c(c1)CCN2. The molecule has 106 valence electrons. The molecule has 0 atom stereocenters. The van der Waals surface area contributed by atoms with Crippen molar-refractivity contribution in [1.29, 1.82) is 0 Å². The first kappa shape index (κ1) is 14.4. The van der Waals surface area contributed by atoms with E-state index < -0.39 is 0 Å². The molecule has 0 aliphatic carbocycles. The second kappa shape index (κ2) is 6.92. The number of nitrogens with one attached hydrogen (secondary N) is 1. The van der Waals surface area contributed by atoms with Gasteiger partial charge < -0.3 is 10.2 Å². The van der Waals surface area contributed by atoms with Crippen LogP contribution in [0.2, 0.25) is 0 Å². The molecule has 0 radical (unpaired) electrons. The summed E-state index contributed by atoms with van der Waals surface area (Å²) < 4.78 is 0. The van der Waals surface area contributed by atoms with Crippen molar-refractivity contribution in [2.45, 2.75) is 26.3 Å². The highest BCUT2D eigenvalue weighted by Gasteiger charge is 2.11. The van der Waals surface area contributed by atoms with Crippen LogP contribution < -0.4 is 5.32 Å². The van der Waals surface area contributed by atoms with Gasteiger partial charge in [0.2, 0.25) is 0 Å². The average Bonchev–Trinajstić information content (AvgIpc) is 2.83. The van der Waals surface area contributed by atoms with Crippen LogP contribution in [0.25, 0.3) is 0 Å². The van der Waals surface area contributed by atoms with Crippen LogP contribution in [0.1, 0.15) is 24.5 Å². The van der Waals surface area contributed by atoms with Crippen LogP contribution in [0.15, 0.2) is 18.2 Å². The normalized spacial score (nSPS) is 13.9. The van der Waals surface area contributed by atoms with E-state index in [0.717, 1.165) is 26.2 Å². The van der Waals surface area contributed by atoms with E-state index in [1.807, 2.05) is 0 Å². The Labute approximate surface area is 117 Å². The van der Waals surface area contributed by atoms with Gasteiger partial charge in [-0.05, 0) is 50.7 Å². The molecule has 1 aliphatic rings. The van der Waals surface area contributed by atoms with Crippen molar-refractivity contribution in [2.75, 3.05) is 45.6 Å². The Morgan fingerprint density at radius 1 is 1.16 bits per heavy atom. The fraction of sp³-hybridized carbons (Fsp3) is 0.625. The molecule has 0 saturated carbocycles. The molecule has 1 aromatic carbocycles. The number of hydrogen-bond donors (Lipinski definition) is 1. The zero-order valence-corrected chi connectivity index (χ0v) is 12.6. The monoisotopic (exact) mass is 261 g/mol. The summed E-state index contributed by atoms with van der Waals surface area (Å²) in [6.45, 7) is 7.90. The van der Waals surface area contributed by atoms with Crippen molar-refractivity contribution >= 4 is 5.69 Å². The van der Waals surface area contributed by atoms with Gasteiger partial charge in [0.05, 0.1) is 0 Å². The second-order valence-corrected chi connectivity index (χ2v) is 5.75. The molecule has 19 heavy (non-hydrogen) atoms. The lowest BCUT2D eigenvalue weighted by molar-refractivity contribution is 0.234. The molecule has 1 aromatic rings. The zero-order valence-electron chi connectivity index (χ0n) is 12.6. The minimum absolute atomic E-state index is 1.08. The van der Waals surface area contributed by atoms with Crippen LogP contribution in [0.4, 0.5) is 5.69 Å². The Bertz CT molecular complexity index is 401. The lowest BCUT2D eigenvalue weighted by Crippen LogP contribution is -2.32. The van der Waals surface area contributed by atoms with E-state index in [4.69, 9.17) is 0 Å². The Balaban J connectivity index is 1.96. The fourth-order valence-electron chi connectivity index (χ4n) is 2.64. The van der Waals surface area contributed by atoms with Gasteiger partial charge in [0.1, 0.15) is 0 Å². The number of likely N-dealkylation sites (N-methyl/N-ethyl adjacent to an activating group) is 1. The fourth-order valence-corrected chi connectivity index (χ4v) is 2.64. The van der Waals surface area contributed by atoms with E-state index in [0.29, 0.717) is 0 Å². The van der Waals surface area contributed by atoms with Crippen molar-refractivity contribution in [1.82, 2.24) is 9.80 Å². The highest BCUT2D eigenvalue weighted by molar-refractivity contribution is 5.56. The van der Waals surface area contributed by atoms with Gasteiger partial charge in [-0.15, -0.1) is 0 Å². The average molecular weight is 261 g/mol. The van der Waals surface area contributed by atoms with E-state index in [-0.39, 0.29) is 0 Å². The summed E-state index contributed by atoms with van der Waals surface area (Å²) in [7, 11) is 4.29. The Morgan fingerprint density at radius 3 is 2.74 bits per heavy atom. The number of nitrogens with zero attached hydrogens (tertiary/aromatic N) is 2. The van der Waals surface area contributed by atoms with Crippen LogP contribution in [-0.4, -0.2) is 50.1 Å². The van der Waals surface area contributed by atoms with Gasteiger partial charge in [-0.3, -0.25) is 4.90 Å². The number of anilines is 1. The van der Waals surface area contributed by atoms with Crippen molar-refractivity contribution in [2.24, 2.45) is 0 Å². The third-order valence-electron chi connectivity index (χ3n) is 3.69. The first-order valence-electron chi connectivity index (χ1n) is 7.42. The van der Waals surface area contributed by atoms with Gasteiger partial charge in [-0.1, -0.05) is 19.1 Å². The maximum absolute atomic E-state index is 3.43. The molecule has 0 aromatic heterocycles. The summed E-state index contributed by atoms with van der Waals surface area (Å²) >= 11 is 0. The number of fused-ring (bicyclic) bond motifs is 1. The van der Waals surface area contributed by atoms with E-state index in [9.17, 15) is 0 Å². The largest absolute Gasteiger partial charge is 0.384 e. The lowest BCUT2D eigenvalue weighted by Gasteiger charge is -2.24. The third-order valence-corrected chi connectivity index (χ3v) is 3.69. The summed E-state index contributed by atoms with van der Waals surface area (Å²) in [5.74, 6) is 0. The van der Waals surface area contributed by atoms with Gasteiger partial charge in [0.25, 0.3) is 0 Å². The van der Waals surface area contributed by atoms with Crippen LogP contribution in [0.3, 0.4) is 0 Å². The van der Waals surface area contributed by atoms with Gasteiger partial charge >= 0.3 is 0 Å². The predicted molar refractivity (Wildman–Crippen MR) is 82.8 cm³/mol. The number of benzene rings is 1. The molecular formula is C16H27N3. The molecule has 1 aliphatic heterocycles. The van der Waals surface area contributed by atoms with Crippen LogP contribution in [0.5, 0.6) is 0 Å². The van der Waals surface area contributed by atoms with Gasteiger partial charge in [-0.25, -0.2) is 0 Å². The quantitative estimate of drug-likeness (QED) is 0.813. The van der Waals surface area contributed by atoms with E-state index in [2.05, 4.69) is 54.3 Å². The molecule has 0 fully saturated rings. The second-order valence-electron chi connectivity index (χ2n) is 5.75. The molecule has 0 amide bonds. The maximum Gasteiger partial charge on any atom is 0.0373 e. The molecule has 0 bridgehead atoms. The summed E-state index contributed by atoms with van der Waals surface area (Å²) in [5.41, 5.74) is 4.27. The molecule has 2 rings (SSSR count). The van der Waals surface area contributed by atoms with Crippen molar-refractivity contribution in [3.05, 3.63) is 29.3 Å². The molecule has 3 nitrogen and oxygen atoms in total. The number of hydrogen-bond acceptors (Lipinski definition) is 3. The zero-order chi connectivity index (χ0) is 13.7. The highest BCUT2D eigenvalue weighted by Crippen LogP contribution is 2.23. The highest BCUT2D eigenvalue weighted by atomic mass is 15.2. The minimum Gasteiger partial charge on any atom is -0.384 e. The standard InChI is InChI=1S/C16H27N3/c1-4-9-19(11-10-18(2)3)13-14-5-6-16-15(12-14)7-8-17-16/h5-6,12,17H,4,7-11,13H2,1-3H3. The molecular weight excluding hydrogens is 234 g/mol. The van der Waals surface area contributed by atoms with Gasteiger partial charge in [0, 0.05) is 31.9 Å². The van der Waals surface area contributed by atoms with Crippen molar-refractivity contribution in [3.63, 3.8) is 0 Å². The summed E-state index contributed by atoms with van der Waals surface area (Å²) in [4.78, 5) is 4.82. The molecule has 1 heterocycles. The third kappa shape index (κ3) is 4.22. The first-order valence-corrected chi connectivity index (χ1v) is 7.42. The maximum atomic E-state index is 3.43. The van der Waals surface area contributed by atoms with Crippen LogP contribution >= 0.6 is 0 Å². The Hall–Kier alpha value is -1.06. The van der Waals surface area contributed by atoms with Crippen molar-refractivity contribution < 1.29 is 0 Å². The molecule has 0 unspecified atom stereocenters. The molecule has 1 N–H and O–H groups in total. The topological polar surface area (TPSA) is 18.5 Å². The Kier molecular flexibility index (Phi) is 5.23. The number of rotatable bonds is 7. The van der Waals surface area contributed by atoms with Crippen molar-refractivity contribution in [3.8, 4) is 0 Å². The van der Waals surface area contributed by atoms with Crippen LogP contribution in [0, 0.1) is 0 Å². The van der Waals surface area contributed by atoms with Gasteiger partial charge in [-0.2, -0.15) is 0 Å². The lowest BCUT2D eigenvalue weighted by atomic mass is 10.1. The summed E-state index contributed by atoms with van der Waals surface area (Å²) in [6, 6.07) is 6.90. The van der Waals surface area contributed by atoms with Crippen LogP contribution in [-0.2, 0) is 13.0 Å². The molecule has 0 spiro atoms. The van der Waals surface area contributed by atoms with E-state index in [1.54, 1.807) is 0 Å². The van der Waals surface area contributed by atoms with Gasteiger partial charge in [0.15, 0.2) is 0 Å². The first-order chi connectivity index (χ1) is 9.19.